The Hall–Kier alpha value is -2.56. The highest BCUT2D eigenvalue weighted by atomic mass is 16.4. The number of phenolic OH excluding ortho intramolecular Hbond substituents is 1. The lowest BCUT2D eigenvalue weighted by Crippen LogP contribution is -2.05. The minimum atomic E-state index is -0.478. The fourth-order valence-corrected chi connectivity index (χ4v) is 2.09. The molecule has 0 radical (unpaired) electrons. The van der Waals surface area contributed by atoms with Gasteiger partial charge in [0.05, 0.1) is 5.56 Å². The van der Waals surface area contributed by atoms with E-state index in [4.69, 9.17) is 4.42 Å². The van der Waals surface area contributed by atoms with Crippen molar-refractivity contribution in [2.24, 2.45) is 0 Å². The molecule has 0 aliphatic rings. The fourth-order valence-electron chi connectivity index (χ4n) is 2.09. The lowest BCUT2D eigenvalue weighted by atomic mass is 10.00. The van der Waals surface area contributed by atoms with Crippen LogP contribution in [0.1, 0.15) is 21.5 Å². The summed E-state index contributed by atoms with van der Waals surface area (Å²) in [6.07, 6.45) is 2.99. The molecule has 0 amide bonds. The van der Waals surface area contributed by atoms with E-state index in [1.54, 1.807) is 45.1 Å². The van der Waals surface area contributed by atoms with Gasteiger partial charge in [-0.25, -0.2) is 4.79 Å². The van der Waals surface area contributed by atoms with Crippen molar-refractivity contribution < 1.29 is 14.3 Å². The summed E-state index contributed by atoms with van der Waals surface area (Å²) in [6, 6.07) is 2.92. The standard InChI is InChI=1S/C16H17NO4/c1-9-7-14(19)21-16-10(2)15(20)12(8-11(9)16)13(18)5-6-17(3)4/h5-8,20H,1-4H3/b6-5+. The fraction of sp³-hybridized carbons (Fsp3) is 0.250. The van der Waals surface area contributed by atoms with Crippen LogP contribution in [0.5, 0.6) is 5.75 Å². The van der Waals surface area contributed by atoms with Gasteiger partial charge in [0.15, 0.2) is 5.78 Å². The van der Waals surface area contributed by atoms with Gasteiger partial charge in [-0.2, -0.15) is 0 Å². The van der Waals surface area contributed by atoms with E-state index in [0.717, 1.165) is 0 Å². The van der Waals surface area contributed by atoms with Gasteiger partial charge >= 0.3 is 5.63 Å². The molecule has 0 aliphatic heterocycles. The van der Waals surface area contributed by atoms with Gasteiger partial charge < -0.3 is 14.4 Å². The zero-order chi connectivity index (χ0) is 15.7. The number of fused-ring (bicyclic) bond motifs is 1. The van der Waals surface area contributed by atoms with Crippen LogP contribution in [0.2, 0.25) is 0 Å². The number of aromatic hydroxyl groups is 1. The van der Waals surface area contributed by atoms with E-state index in [-0.39, 0.29) is 17.1 Å². The Labute approximate surface area is 122 Å². The van der Waals surface area contributed by atoms with E-state index in [1.807, 2.05) is 0 Å². The van der Waals surface area contributed by atoms with Crippen LogP contribution in [-0.2, 0) is 0 Å². The molecule has 2 rings (SSSR count). The third-order valence-electron chi connectivity index (χ3n) is 3.24. The predicted molar refractivity (Wildman–Crippen MR) is 80.8 cm³/mol. The topological polar surface area (TPSA) is 70.7 Å². The molecular weight excluding hydrogens is 270 g/mol. The van der Waals surface area contributed by atoms with E-state index in [1.165, 1.54) is 12.1 Å². The van der Waals surface area contributed by atoms with Crippen molar-refractivity contribution >= 4 is 16.8 Å². The van der Waals surface area contributed by atoms with Crippen molar-refractivity contribution in [2.75, 3.05) is 14.1 Å². The molecule has 0 unspecified atom stereocenters. The Bertz CT molecular complexity index is 800. The molecular formula is C16H17NO4. The summed E-state index contributed by atoms with van der Waals surface area (Å²) in [5.41, 5.74) is 1.11. The first-order valence-corrected chi connectivity index (χ1v) is 6.47. The molecule has 2 aromatic rings. The summed E-state index contributed by atoms with van der Waals surface area (Å²) in [5.74, 6) is -0.471. The van der Waals surface area contributed by atoms with Crippen molar-refractivity contribution in [1.82, 2.24) is 4.90 Å². The molecule has 1 heterocycles. The number of rotatable bonds is 3. The predicted octanol–water partition coefficient (Wildman–Crippen LogP) is 2.37. The highest BCUT2D eigenvalue weighted by molar-refractivity contribution is 6.09. The number of hydrogen-bond acceptors (Lipinski definition) is 5. The lowest BCUT2D eigenvalue weighted by Gasteiger charge is -2.10. The van der Waals surface area contributed by atoms with Gasteiger partial charge in [-0.15, -0.1) is 0 Å². The van der Waals surface area contributed by atoms with Gasteiger partial charge in [-0.05, 0) is 25.5 Å². The van der Waals surface area contributed by atoms with Crippen molar-refractivity contribution in [3.63, 3.8) is 0 Å². The van der Waals surface area contributed by atoms with Gasteiger partial charge in [0, 0.05) is 43.4 Å². The highest BCUT2D eigenvalue weighted by Crippen LogP contribution is 2.31. The Balaban J connectivity index is 2.70. The zero-order valence-electron chi connectivity index (χ0n) is 12.4. The van der Waals surface area contributed by atoms with Crippen LogP contribution >= 0.6 is 0 Å². The van der Waals surface area contributed by atoms with Gasteiger partial charge in [0.1, 0.15) is 11.3 Å². The van der Waals surface area contributed by atoms with E-state index in [9.17, 15) is 14.7 Å². The average Bonchev–Trinajstić information content (AvgIpc) is 2.40. The molecule has 110 valence electrons. The summed E-state index contributed by atoms with van der Waals surface area (Å²) in [6.45, 7) is 3.38. The Morgan fingerprint density at radius 2 is 1.95 bits per heavy atom. The number of carbonyl (C=O) groups is 1. The minimum absolute atomic E-state index is 0.162. The van der Waals surface area contributed by atoms with Crippen LogP contribution in [0, 0.1) is 13.8 Å². The van der Waals surface area contributed by atoms with E-state index >= 15 is 0 Å². The highest BCUT2D eigenvalue weighted by Gasteiger charge is 2.17. The van der Waals surface area contributed by atoms with Gasteiger partial charge in [-0.1, -0.05) is 0 Å². The van der Waals surface area contributed by atoms with Crippen LogP contribution in [0.4, 0.5) is 0 Å². The van der Waals surface area contributed by atoms with Crippen LogP contribution in [0.25, 0.3) is 11.0 Å². The molecule has 0 bridgehead atoms. The number of aryl methyl sites for hydroxylation is 2. The lowest BCUT2D eigenvalue weighted by molar-refractivity contribution is 0.104. The first kappa shape index (κ1) is 14.8. The first-order valence-electron chi connectivity index (χ1n) is 6.47. The Kier molecular flexibility index (Phi) is 3.84. The quantitative estimate of drug-likeness (QED) is 0.533. The molecule has 0 spiro atoms. The largest absolute Gasteiger partial charge is 0.507 e. The minimum Gasteiger partial charge on any atom is -0.507 e. The van der Waals surface area contributed by atoms with Gasteiger partial charge in [0.25, 0.3) is 0 Å². The maximum Gasteiger partial charge on any atom is 0.336 e. The third kappa shape index (κ3) is 2.81. The maximum absolute atomic E-state index is 12.2. The number of benzene rings is 1. The molecule has 0 aliphatic carbocycles. The van der Waals surface area contributed by atoms with Crippen molar-refractivity contribution in [2.45, 2.75) is 13.8 Å². The second-order valence-corrected chi connectivity index (χ2v) is 5.17. The number of nitrogens with zero attached hydrogens (tertiary/aromatic N) is 1. The summed E-state index contributed by atoms with van der Waals surface area (Å²) in [4.78, 5) is 25.3. The Morgan fingerprint density at radius 3 is 2.57 bits per heavy atom. The maximum atomic E-state index is 12.2. The van der Waals surface area contributed by atoms with E-state index in [2.05, 4.69) is 0 Å². The van der Waals surface area contributed by atoms with Crippen molar-refractivity contribution in [3.05, 3.63) is 51.5 Å². The average molecular weight is 287 g/mol. The van der Waals surface area contributed by atoms with E-state index < -0.39 is 5.63 Å². The normalized spacial score (nSPS) is 11.2. The van der Waals surface area contributed by atoms with E-state index in [0.29, 0.717) is 22.1 Å². The molecule has 0 saturated carbocycles. The molecule has 0 saturated heterocycles. The number of allylic oxidation sites excluding steroid dienone is 1. The van der Waals surface area contributed by atoms with Gasteiger partial charge in [0.2, 0.25) is 0 Å². The summed E-state index contributed by atoms with van der Waals surface area (Å²) in [5, 5.41) is 10.8. The van der Waals surface area contributed by atoms with Crippen LogP contribution in [0.3, 0.4) is 0 Å². The Morgan fingerprint density at radius 1 is 1.29 bits per heavy atom. The molecule has 1 N–H and O–H groups in total. The van der Waals surface area contributed by atoms with Crippen LogP contribution < -0.4 is 5.63 Å². The number of hydrogen-bond donors (Lipinski definition) is 1. The molecule has 21 heavy (non-hydrogen) atoms. The van der Waals surface area contributed by atoms with Crippen molar-refractivity contribution in [1.29, 1.82) is 0 Å². The molecule has 5 heteroatoms. The molecule has 1 aromatic carbocycles. The van der Waals surface area contributed by atoms with Crippen molar-refractivity contribution in [3.8, 4) is 5.75 Å². The van der Waals surface area contributed by atoms with Crippen LogP contribution in [0.15, 0.2) is 33.6 Å². The number of phenols is 1. The summed E-state index contributed by atoms with van der Waals surface area (Å²) in [7, 11) is 3.60. The third-order valence-corrected chi connectivity index (χ3v) is 3.24. The summed E-state index contributed by atoms with van der Waals surface area (Å²) >= 11 is 0. The van der Waals surface area contributed by atoms with Crippen LogP contribution in [-0.4, -0.2) is 29.9 Å². The second-order valence-electron chi connectivity index (χ2n) is 5.17. The zero-order valence-corrected chi connectivity index (χ0v) is 12.4. The molecule has 5 nitrogen and oxygen atoms in total. The molecule has 1 aromatic heterocycles. The molecule has 0 atom stereocenters. The second kappa shape index (κ2) is 5.44. The summed E-state index contributed by atoms with van der Waals surface area (Å²) < 4.78 is 5.13. The number of carbonyl (C=O) groups excluding carboxylic acids is 1. The first-order chi connectivity index (χ1) is 9.81. The SMILES string of the molecule is Cc1cc(=O)oc2c(C)c(O)c(C(=O)/C=C/N(C)C)cc12. The smallest absolute Gasteiger partial charge is 0.336 e. The molecule has 0 fully saturated rings. The number of ketones is 1. The monoisotopic (exact) mass is 287 g/mol. The van der Waals surface area contributed by atoms with Gasteiger partial charge in [-0.3, -0.25) is 4.79 Å².